The molecule has 0 aromatic heterocycles. The number of rotatable bonds is 4. The molecule has 1 fully saturated rings. The van der Waals surface area contributed by atoms with Gasteiger partial charge in [-0.05, 0) is 51.9 Å². The molecule has 0 atom stereocenters. The zero-order valence-corrected chi connectivity index (χ0v) is 9.92. The summed E-state index contributed by atoms with van der Waals surface area (Å²) in [5.41, 5.74) is -0.228. The lowest BCUT2D eigenvalue weighted by atomic mass is 9.71. The number of esters is 1. The third-order valence-electron chi connectivity index (χ3n) is 3.48. The average molecular weight is 210 g/mol. The van der Waals surface area contributed by atoms with E-state index in [0.29, 0.717) is 6.61 Å². The summed E-state index contributed by atoms with van der Waals surface area (Å²) in [5.74, 6) is 0.715. The number of ether oxygens (including phenoxy) is 1. The van der Waals surface area contributed by atoms with Gasteiger partial charge in [0.05, 0.1) is 12.0 Å². The van der Waals surface area contributed by atoms with Crippen molar-refractivity contribution < 1.29 is 9.53 Å². The van der Waals surface area contributed by atoms with E-state index in [1.807, 2.05) is 19.9 Å². The maximum Gasteiger partial charge on any atom is 0.311 e. The Balaban J connectivity index is 2.46. The van der Waals surface area contributed by atoms with Gasteiger partial charge in [-0.15, -0.1) is 6.58 Å². The van der Waals surface area contributed by atoms with E-state index in [1.54, 1.807) is 0 Å². The molecule has 1 rings (SSSR count). The van der Waals surface area contributed by atoms with Crippen molar-refractivity contribution in [2.45, 2.75) is 46.0 Å². The van der Waals surface area contributed by atoms with Gasteiger partial charge in [-0.1, -0.05) is 6.08 Å². The first-order valence-electron chi connectivity index (χ1n) is 5.90. The van der Waals surface area contributed by atoms with Gasteiger partial charge in [0, 0.05) is 0 Å². The Hall–Kier alpha value is -0.790. The van der Waals surface area contributed by atoms with Crippen LogP contribution < -0.4 is 0 Å². The van der Waals surface area contributed by atoms with Crippen LogP contribution in [0.4, 0.5) is 0 Å². The van der Waals surface area contributed by atoms with Crippen molar-refractivity contribution in [3.8, 4) is 0 Å². The predicted molar refractivity (Wildman–Crippen MR) is 61.5 cm³/mol. The van der Waals surface area contributed by atoms with Crippen molar-refractivity contribution in [1.82, 2.24) is 0 Å². The minimum Gasteiger partial charge on any atom is -0.466 e. The van der Waals surface area contributed by atoms with Crippen molar-refractivity contribution in [3.05, 3.63) is 12.7 Å². The lowest BCUT2D eigenvalue weighted by molar-refractivity contribution is -0.156. The Morgan fingerprint density at radius 2 is 2.13 bits per heavy atom. The number of carbonyl (C=O) groups excluding carboxylic acids is 1. The monoisotopic (exact) mass is 210 g/mol. The second-order valence-corrected chi connectivity index (χ2v) is 4.75. The highest BCUT2D eigenvalue weighted by Gasteiger charge is 2.38. The van der Waals surface area contributed by atoms with Crippen LogP contribution in [0.1, 0.15) is 46.0 Å². The Morgan fingerprint density at radius 3 is 2.60 bits per heavy atom. The first-order valence-corrected chi connectivity index (χ1v) is 5.90. The largest absolute Gasteiger partial charge is 0.466 e. The highest BCUT2D eigenvalue weighted by atomic mass is 16.5. The molecule has 0 saturated heterocycles. The Morgan fingerprint density at radius 1 is 1.53 bits per heavy atom. The van der Waals surface area contributed by atoms with Crippen LogP contribution in [0.15, 0.2) is 12.7 Å². The number of hydrogen-bond donors (Lipinski definition) is 0. The summed E-state index contributed by atoms with van der Waals surface area (Å²) in [6.07, 6.45) is 7.24. The van der Waals surface area contributed by atoms with Gasteiger partial charge >= 0.3 is 5.97 Å². The van der Waals surface area contributed by atoms with Gasteiger partial charge in [0.1, 0.15) is 0 Å². The van der Waals surface area contributed by atoms with E-state index in [0.717, 1.165) is 38.0 Å². The maximum absolute atomic E-state index is 11.7. The molecule has 2 heteroatoms. The third-order valence-corrected chi connectivity index (χ3v) is 3.48. The Kier molecular flexibility index (Phi) is 4.37. The summed E-state index contributed by atoms with van der Waals surface area (Å²) in [6, 6.07) is 0. The molecule has 15 heavy (non-hydrogen) atoms. The van der Waals surface area contributed by atoms with Crippen LogP contribution in [0.5, 0.6) is 0 Å². The van der Waals surface area contributed by atoms with Crippen LogP contribution in [-0.4, -0.2) is 12.6 Å². The second kappa shape index (κ2) is 5.34. The standard InChI is InChI=1S/C13H22O2/c1-4-6-11-7-9-13(3,10-8-11)12(14)15-5-2/h4,11H,1,5-10H2,2-3H3. The van der Waals surface area contributed by atoms with Gasteiger partial charge in [-0.3, -0.25) is 4.79 Å². The fourth-order valence-corrected chi connectivity index (χ4v) is 2.30. The lowest BCUT2D eigenvalue weighted by Crippen LogP contribution is -2.34. The van der Waals surface area contributed by atoms with Crippen LogP contribution in [0.2, 0.25) is 0 Å². The highest BCUT2D eigenvalue weighted by Crippen LogP contribution is 2.40. The molecule has 1 aliphatic rings. The normalized spacial score (nSPS) is 30.9. The van der Waals surface area contributed by atoms with Crippen molar-refractivity contribution in [1.29, 1.82) is 0 Å². The van der Waals surface area contributed by atoms with Crippen molar-refractivity contribution in [2.24, 2.45) is 11.3 Å². The molecule has 0 unspecified atom stereocenters. The zero-order valence-electron chi connectivity index (χ0n) is 9.92. The van der Waals surface area contributed by atoms with E-state index < -0.39 is 0 Å². The first-order chi connectivity index (χ1) is 7.12. The van der Waals surface area contributed by atoms with E-state index >= 15 is 0 Å². The Labute approximate surface area is 92.7 Å². The summed E-state index contributed by atoms with van der Waals surface area (Å²) in [7, 11) is 0. The molecule has 0 aromatic carbocycles. The number of carbonyl (C=O) groups is 1. The second-order valence-electron chi connectivity index (χ2n) is 4.75. The van der Waals surface area contributed by atoms with E-state index in [2.05, 4.69) is 6.58 Å². The molecule has 1 saturated carbocycles. The summed E-state index contributed by atoms with van der Waals surface area (Å²) >= 11 is 0. The van der Waals surface area contributed by atoms with Crippen LogP contribution in [-0.2, 0) is 9.53 Å². The van der Waals surface area contributed by atoms with Crippen LogP contribution in [0.25, 0.3) is 0 Å². The molecule has 0 spiro atoms. The molecule has 0 heterocycles. The summed E-state index contributed by atoms with van der Waals surface area (Å²) in [5, 5.41) is 0. The van der Waals surface area contributed by atoms with Crippen molar-refractivity contribution >= 4 is 5.97 Å². The average Bonchev–Trinajstić information content (AvgIpc) is 2.22. The first kappa shape index (κ1) is 12.3. The molecule has 1 aliphatic carbocycles. The molecule has 0 bridgehead atoms. The van der Waals surface area contributed by atoms with Crippen molar-refractivity contribution in [2.75, 3.05) is 6.61 Å². The molecule has 0 aliphatic heterocycles. The molecule has 2 nitrogen and oxygen atoms in total. The summed E-state index contributed by atoms with van der Waals surface area (Å²) in [6.45, 7) is 8.16. The molecule has 86 valence electrons. The number of hydrogen-bond acceptors (Lipinski definition) is 2. The van der Waals surface area contributed by atoms with Gasteiger partial charge < -0.3 is 4.74 Å². The van der Waals surface area contributed by atoms with Gasteiger partial charge in [0.2, 0.25) is 0 Å². The lowest BCUT2D eigenvalue weighted by Gasteiger charge is -2.34. The van der Waals surface area contributed by atoms with Crippen LogP contribution in [0.3, 0.4) is 0 Å². The van der Waals surface area contributed by atoms with E-state index in [-0.39, 0.29) is 11.4 Å². The topological polar surface area (TPSA) is 26.3 Å². The van der Waals surface area contributed by atoms with E-state index in [4.69, 9.17) is 4.74 Å². The predicted octanol–water partition coefficient (Wildman–Crippen LogP) is 3.32. The molecule has 0 N–H and O–H groups in total. The highest BCUT2D eigenvalue weighted by molar-refractivity contribution is 5.76. The fraction of sp³-hybridized carbons (Fsp3) is 0.769. The molecule has 0 amide bonds. The SMILES string of the molecule is C=CCC1CCC(C)(C(=O)OCC)CC1. The minimum atomic E-state index is -0.228. The van der Waals surface area contributed by atoms with E-state index in [9.17, 15) is 4.79 Å². The van der Waals surface area contributed by atoms with Gasteiger partial charge in [0.15, 0.2) is 0 Å². The summed E-state index contributed by atoms with van der Waals surface area (Å²) < 4.78 is 5.12. The molecular weight excluding hydrogens is 188 g/mol. The minimum absolute atomic E-state index is 0.0120. The smallest absolute Gasteiger partial charge is 0.311 e. The quantitative estimate of drug-likeness (QED) is 0.525. The van der Waals surface area contributed by atoms with Gasteiger partial charge in [-0.25, -0.2) is 0 Å². The number of allylic oxidation sites excluding steroid dienone is 1. The van der Waals surface area contributed by atoms with Crippen LogP contribution >= 0.6 is 0 Å². The van der Waals surface area contributed by atoms with Crippen LogP contribution in [0, 0.1) is 11.3 Å². The maximum atomic E-state index is 11.7. The fourth-order valence-electron chi connectivity index (χ4n) is 2.30. The molecule has 0 aromatic rings. The van der Waals surface area contributed by atoms with Crippen molar-refractivity contribution in [3.63, 3.8) is 0 Å². The molecular formula is C13H22O2. The third kappa shape index (κ3) is 3.08. The van der Waals surface area contributed by atoms with E-state index in [1.165, 1.54) is 0 Å². The Bertz CT molecular complexity index is 225. The zero-order chi connectivity index (χ0) is 11.3. The van der Waals surface area contributed by atoms with Gasteiger partial charge in [0.25, 0.3) is 0 Å². The van der Waals surface area contributed by atoms with Gasteiger partial charge in [-0.2, -0.15) is 0 Å². The molecule has 0 radical (unpaired) electrons. The summed E-state index contributed by atoms with van der Waals surface area (Å²) in [4.78, 5) is 11.7.